The zero-order valence-corrected chi connectivity index (χ0v) is 12.4. The number of alkyl halides is 2. The zero-order valence-electron chi connectivity index (χ0n) is 12.4. The molecular weight excluding hydrogens is 306 g/mol. The SMILES string of the molecule is NCC1(O)CCN(C(=O)c2ccc3nc(C(F)F)[nH]c3c2)CC1. The van der Waals surface area contributed by atoms with Gasteiger partial charge in [-0.1, -0.05) is 0 Å². The van der Waals surface area contributed by atoms with Crippen LogP contribution >= 0.6 is 0 Å². The summed E-state index contributed by atoms with van der Waals surface area (Å²) in [5.74, 6) is -0.602. The molecule has 6 nitrogen and oxygen atoms in total. The highest BCUT2D eigenvalue weighted by molar-refractivity contribution is 5.97. The Balaban J connectivity index is 1.79. The number of halogens is 2. The lowest BCUT2D eigenvalue weighted by Crippen LogP contribution is -2.50. The van der Waals surface area contributed by atoms with E-state index in [9.17, 15) is 18.7 Å². The lowest BCUT2D eigenvalue weighted by Gasteiger charge is -2.37. The topological polar surface area (TPSA) is 95.2 Å². The van der Waals surface area contributed by atoms with E-state index in [1.54, 1.807) is 17.0 Å². The van der Waals surface area contributed by atoms with Crippen LogP contribution in [0.15, 0.2) is 18.2 Å². The molecule has 1 saturated heterocycles. The van der Waals surface area contributed by atoms with Crippen LogP contribution < -0.4 is 5.73 Å². The Bertz CT molecular complexity index is 723. The number of likely N-dealkylation sites (tertiary alicyclic amines) is 1. The molecular formula is C15H18F2N4O2. The highest BCUT2D eigenvalue weighted by Gasteiger charge is 2.33. The number of nitrogens with zero attached hydrogens (tertiary/aromatic N) is 2. The maximum atomic E-state index is 12.7. The monoisotopic (exact) mass is 324 g/mol. The molecule has 2 aromatic rings. The molecule has 124 valence electrons. The van der Waals surface area contributed by atoms with Crippen molar-refractivity contribution in [2.75, 3.05) is 19.6 Å². The Labute approximate surface area is 131 Å². The number of nitrogens with two attached hydrogens (primary N) is 1. The third kappa shape index (κ3) is 3.04. The number of fused-ring (bicyclic) bond motifs is 1. The number of aromatic nitrogens is 2. The van der Waals surface area contributed by atoms with Crippen LogP contribution in [0.25, 0.3) is 11.0 Å². The molecule has 0 atom stereocenters. The van der Waals surface area contributed by atoms with E-state index >= 15 is 0 Å². The molecule has 0 bridgehead atoms. The minimum Gasteiger partial charge on any atom is -0.388 e. The molecule has 23 heavy (non-hydrogen) atoms. The number of rotatable bonds is 3. The summed E-state index contributed by atoms with van der Waals surface area (Å²) in [6, 6.07) is 4.65. The van der Waals surface area contributed by atoms with Gasteiger partial charge in [0.1, 0.15) is 0 Å². The maximum Gasteiger partial charge on any atom is 0.295 e. The van der Waals surface area contributed by atoms with Crippen LogP contribution in [0.4, 0.5) is 8.78 Å². The van der Waals surface area contributed by atoms with E-state index in [1.165, 1.54) is 6.07 Å². The fourth-order valence-corrected chi connectivity index (χ4v) is 2.78. The van der Waals surface area contributed by atoms with Crippen LogP contribution in [0.1, 0.15) is 35.4 Å². The molecule has 1 aromatic heterocycles. The first-order valence-electron chi connectivity index (χ1n) is 7.41. The molecule has 0 saturated carbocycles. The molecule has 4 N–H and O–H groups in total. The average molecular weight is 324 g/mol. The van der Waals surface area contributed by atoms with Crippen LogP contribution in [-0.2, 0) is 0 Å². The quantitative estimate of drug-likeness (QED) is 0.796. The predicted molar refractivity (Wildman–Crippen MR) is 80.2 cm³/mol. The van der Waals surface area contributed by atoms with Crippen LogP contribution in [0, 0.1) is 0 Å². The molecule has 1 amide bonds. The molecule has 1 aliphatic heterocycles. The highest BCUT2D eigenvalue weighted by atomic mass is 19.3. The third-order valence-corrected chi connectivity index (χ3v) is 4.32. The van der Waals surface area contributed by atoms with E-state index in [-0.39, 0.29) is 12.5 Å². The number of benzene rings is 1. The number of carbonyl (C=O) groups is 1. The van der Waals surface area contributed by atoms with Gasteiger partial charge in [0.05, 0.1) is 16.6 Å². The summed E-state index contributed by atoms with van der Waals surface area (Å²) in [6.45, 7) is 0.997. The number of nitrogens with one attached hydrogen (secondary N) is 1. The van der Waals surface area contributed by atoms with Gasteiger partial charge in [-0.2, -0.15) is 0 Å². The van der Waals surface area contributed by atoms with Gasteiger partial charge in [0, 0.05) is 25.2 Å². The standard InChI is InChI=1S/C15H18F2N4O2/c16-12(17)13-19-10-2-1-9(7-11(10)20-13)14(22)21-5-3-15(23,8-18)4-6-21/h1-2,7,12,23H,3-6,8,18H2,(H,19,20). The van der Waals surface area contributed by atoms with Crippen LogP contribution in [0.2, 0.25) is 0 Å². The number of piperidine rings is 1. The Kier molecular flexibility index (Phi) is 4.03. The number of aromatic amines is 1. The summed E-state index contributed by atoms with van der Waals surface area (Å²) in [6.07, 6.45) is -1.83. The summed E-state index contributed by atoms with van der Waals surface area (Å²) < 4.78 is 25.3. The first-order chi connectivity index (χ1) is 10.9. The highest BCUT2D eigenvalue weighted by Crippen LogP contribution is 2.24. The molecule has 8 heteroatoms. The smallest absolute Gasteiger partial charge is 0.295 e. The van der Waals surface area contributed by atoms with Gasteiger partial charge in [0.2, 0.25) is 0 Å². The van der Waals surface area contributed by atoms with Crippen molar-refractivity contribution in [3.8, 4) is 0 Å². The van der Waals surface area contributed by atoms with Gasteiger partial charge in [-0.25, -0.2) is 13.8 Å². The fourth-order valence-electron chi connectivity index (χ4n) is 2.78. The summed E-state index contributed by atoms with van der Waals surface area (Å²) >= 11 is 0. The second kappa shape index (κ2) is 5.86. The molecule has 0 spiro atoms. The number of hydrogen-bond donors (Lipinski definition) is 3. The lowest BCUT2D eigenvalue weighted by atomic mass is 9.91. The first-order valence-corrected chi connectivity index (χ1v) is 7.41. The zero-order chi connectivity index (χ0) is 16.6. The molecule has 0 aliphatic carbocycles. The predicted octanol–water partition coefficient (Wildman–Crippen LogP) is 1.43. The van der Waals surface area contributed by atoms with Gasteiger partial charge < -0.3 is 20.7 Å². The summed E-state index contributed by atoms with van der Waals surface area (Å²) in [5, 5.41) is 10.1. The first kappa shape index (κ1) is 15.8. The average Bonchev–Trinajstić information content (AvgIpc) is 2.98. The Morgan fingerprint density at radius 2 is 2.13 bits per heavy atom. The minimum absolute atomic E-state index is 0.172. The van der Waals surface area contributed by atoms with Crippen molar-refractivity contribution < 1.29 is 18.7 Å². The molecule has 1 aromatic carbocycles. The van der Waals surface area contributed by atoms with E-state index < -0.39 is 17.9 Å². The summed E-state index contributed by atoms with van der Waals surface area (Å²) in [7, 11) is 0. The van der Waals surface area contributed by atoms with Crippen molar-refractivity contribution in [2.45, 2.75) is 24.9 Å². The van der Waals surface area contributed by atoms with Crippen LogP contribution in [0.5, 0.6) is 0 Å². The Morgan fingerprint density at radius 3 is 2.74 bits per heavy atom. The van der Waals surface area contributed by atoms with Crippen LogP contribution in [0.3, 0.4) is 0 Å². The largest absolute Gasteiger partial charge is 0.388 e. The molecule has 1 aliphatic rings. The number of aliphatic hydroxyl groups is 1. The second-order valence-electron chi connectivity index (χ2n) is 5.88. The maximum absolute atomic E-state index is 12.7. The number of imidazole rings is 1. The molecule has 2 heterocycles. The third-order valence-electron chi connectivity index (χ3n) is 4.32. The Morgan fingerprint density at radius 1 is 1.43 bits per heavy atom. The van der Waals surface area contributed by atoms with Crippen molar-refractivity contribution in [3.05, 3.63) is 29.6 Å². The number of amides is 1. The lowest BCUT2D eigenvalue weighted by molar-refractivity contribution is -0.00951. The van der Waals surface area contributed by atoms with Crippen LogP contribution in [-0.4, -0.2) is 51.1 Å². The van der Waals surface area contributed by atoms with Crippen molar-refractivity contribution >= 4 is 16.9 Å². The van der Waals surface area contributed by atoms with Gasteiger partial charge in [0.15, 0.2) is 5.82 Å². The van der Waals surface area contributed by atoms with E-state index in [2.05, 4.69) is 9.97 Å². The van der Waals surface area contributed by atoms with Crippen molar-refractivity contribution in [2.24, 2.45) is 5.73 Å². The molecule has 0 unspecified atom stereocenters. The Hall–Kier alpha value is -2.06. The van der Waals surface area contributed by atoms with Gasteiger partial charge >= 0.3 is 0 Å². The van der Waals surface area contributed by atoms with Gasteiger partial charge in [-0.15, -0.1) is 0 Å². The molecule has 0 radical (unpaired) electrons. The normalized spacial score (nSPS) is 17.9. The molecule has 1 fully saturated rings. The van der Waals surface area contributed by atoms with Gasteiger partial charge in [0.25, 0.3) is 12.3 Å². The molecule has 3 rings (SSSR count). The summed E-state index contributed by atoms with van der Waals surface area (Å²) in [4.78, 5) is 20.5. The van der Waals surface area contributed by atoms with E-state index in [0.717, 1.165) is 0 Å². The van der Waals surface area contributed by atoms with E-state index in [0.29, 0.717) is 42.5 Å². The number of hydrogen-bond acceptors (Lipinski definition) is 4. The van der Waals surface area contributed by atoms with Gasteiger partial charge in [-0.05, 0) is 31.0 Å². The summed E-state index contributed by atoms with van der Waals surface area (Å²) in [5.41, 5.74) is 5.83. The van der Waals surface area contributed by atoms with E-state index in [1.807, 2.05) is 0 Å². The number of carbonyl (C=O) groups excluding carboxylic acids is 1. The number of H-pyrrole nitrogens is 1. The van der Waals surface area contributed by atoms with Crippen molar-refractivity contribution in [1.29, 1.82) is 0 Å². The van der Waals surface area contributed by atoms with Gasteiger partial charge in [-0.3, -0.25) is 4.79 Å². The fraction of sp³-hybridized carbons (Fsp3) is 0.467. The minimum atomic E-state index is -2.68. The van der Waals surface area contributed by atoms with Crippen molar-refractivity contribution in [3.63, 3.8) is 0 Å². The second-order valence-corrected chi connectivity index (χ2v) is 5.88. The van der Waals surface area contributed by atoms with E-state index in [4.69, 9.17) is 5.73 Å². The van der Waals surface area contributed by atoms with Crippen molar-refractivity contribution in [1.82, 2.24) is 14.9 Å².